The van der Waals surface area contributed by atoms with Gasteiger partial charge in [0.1, 0.15) is 5.82 Å². The number of hydrogen-bond acceptors (Lipinski definition) is 1. The second-order valence-electron chi connectivity index (χ2n) is 4.06. The Morgan fingerprint density at radius 2 is 1.67 bits per heavy atom. The van der Waals surface area contributed by atoms with Crippen LogP contribution >= 0.6 is 0 Å². The molecule has 0 aliphatic rings. The second-order valence-corrected chi connectivity index (χ2v) is 5.69. The van der Waals surface area contributed by atoms with Crippen LogP contribution in [0.2, 0.25) is 0 Å². The van der Waals surface area contributed by atoms with Crippen molar-refractivity contribution >= 4 is 10.8 Å². The number of hydrogen-bond donors (Lipinski definition) is 0. The van der Waals surface area contributed by atoms with Gasteiger partial charge in [0.15, 0.2) is 0 Å². The maximum atomic E-state index is 12.9. The van der Waals surface area contributed by atoms with Crippen molar-refractivity contribution in [2.45, 2.75) is 23.5 Å². The predicted molar refractivity (Wildman–Crippen MR) is 72.3 cm³/mol. The average molecular weight is 262 g/mol. The lowest BCUT2D eigenvalue weighted by atomic mass is 10.1. The molecule has 0 unspecified atom stereocenters. The Balaban J connectivity index is 2.28. The highest BCUT2D eigenvalue weighted by Gasteiger charge is 2.18. The van der Waals surface area contributed by atoms with Crippen LogP contribution in [0.5, 0.6) is 0 Å². The molecule has 0 saturated heterocycles. The molecule has 94 valence electrons. The van der Waals surface area contributed by atoms with Crippen molar-refractivity contribution in [1.29, 1.82) is 0 Å². The summed E-state index contributed by atoms with van der Waals surface area (Å²) in [5.74, 6) is -0.302. The molecule has 0 radical (unpaired) electrons. The van der Waals surface area contributed by atoms with Crippen molar-refractivity contribution in [3.8, 4) is 0 Å². The maximum Gasteiger partial charge on any atom is 0.123 e. The normalized spacial score (nSPS) is 14.1. The van der Waals surface area contributed by atoms with E-state index in [2.05, 4.69) is 0 Å². The van der Waals surface area contributed by atoms with Crippen LogP contribution in [-0.4, -0.2) is 4.21 Å². The molecule has 1 nitrogen and oxygen atoms in total. The van der Waals surface area contributed by atoms with Crippen LogP contribution in [0, 0.1) is 5.82 Å². The summed E-state index contributed by atoms with van der Waals surface area (Å²) >= 11 is 0. The Labute approximate surface area is 109 Å². The van der Waals surface area contributed by atoms with Crippen molar-refractivity contribution in [1.82, 2.24) is 0 Å². The van der Waals surface area contributed by atoms with E-state index < -0.39 is 10.8 Å². The smallest absolute Gasteiger partial charge is 0.123 e. The summed E-state index contributed by atoms with van der Waals surface area (Å²) < 4.78 is 25.3. The van der Waals surface area contributed by atoms with Crippen molar-refractivity contribution in [3.63, 3.8) is 0 Å². The van der Waals surface area contributed by atoms with Crippen molar-refractivity contribution in [2.24, 2.45) is 0 Å². The first-order valence-electron chi connectivity index (χ1n) is 5.93. The van der Waals surface area contributed by atoms with E-state index in [1.807, 2.05) is 37.3 Å². The van der Waals surface area contributed by atoms with Gasteiger partial charge in [0.05, 0.1) is 16.0 Å². The Kier molecular flexibility index (Phi) is 4.26. The molecule has 2 rings (SSSR count). The quantitative estimate of drug-likeness (QED) is 0.811. The van der Waals surface area contributed by atoms with Gasteiger partial charge in [0, 0.05) is 4.90 Å². The fourth-order valence-electron chi connectivity index (χ4n) is 1.91. The topological polar surface area (TPSA) is 17.1 Å². The van der Waals surface area contributed by atoms with Crippen LogP contribution in [0.15, 0.2) is 59.5 Å². The van der Waals surface area contributed by atoms with Gasteiger partial charge in [0.2, 0.25) is 0 Å². The van der Waals surface area contributed by atoms with E-state index >= 15 is 0 Å². The van der Waals surface area contributed by atoms with E-state index in [1.54, 1.807) is 12.1 Å². The summed E-state index contributed by atoms with van der Waals surface area (Å²) in [5, 5.41) is -0.0448. The van der Waals surface area contributed by atoms with Gasteiger partial charge in [0.25, 0.3) is 0 Å². The van der Waals surface area contributed by atoms with E-state index in [0.717, 1.165) is 12.0 Å². The zero-order valence-electron chi connectivity index (χ0n) is 10.2. The third kappa shape index (κ3) is 2.85. The minimum absolute atomic E-state index is 0.0448. The van der Waals surface area contributed by atoms with Crippen LogP contribution in [0.3, 0.4) is 0 Å². The molecule has 0 amide bonds. The Hall–Kier alpha value is -1.48. The third-order valence-corrected chi connectivity index (χ3v) is 4.71. The Bertz CT molecular complexity index is 522. The molecule has 0 N–H and O–H groups in total. The molecular formula is C15H15FOS. The zero-order valence-corrected chi connectivity index (χ0v) is 11.0. The summed E-state index contributed by atoms with van der Waals surface area (Å²) in [6.45, 7) is 2.01. The fraction of sp³-hybridized carbons (Fsp3) is 0.200. The molecule has 0 bridgehead atoms. The molecular weight excluding hydrogens is 247 g/mol. The minimum atomic E-state index is -1.15. The number of rotatable bonds is 4. The van der Waals surface area contributed by atoms with Crippen molar-refractivity contribution < 1.29 is 8.60 Å². The molecule has 0 saturated carbocycles. The van der Waals surface area contributed by atoms with Gasteiger partial charge in [-0.1, -0.05) is 37.3 Å². The van der Waals surface area contributed by atoms with Crippen LogP contribution < -0.4 is 0 Å². The highest BCUT2D eigenvalue weighted by molar-refractivity contribution is 7.85. The van der Waals surface area contributed by atoms with E-state index in [-0.39, 0.29) is 11.1 Å². The Morgan fingerprint density at radius 1 is 1.06 bits per heavy atom. The first-order chi connectivity index (χ1) is 8.72. The zero-order chi connectivity index (χ0) is 13.0. The summed E-state index contributed by atoms with van der Waals surface area (Å²) in [5.41, 5.74) is 1.06. The molecule has 2 aromatic rings. The molecule has 2 aromatic carbocycles. The SMILES string of the molecule is CC[C@H](c1ccccc1)[S@@](=O)c1ccc(F)cc1. The van der Waals surface area contributed by atoms with Gasteiger partial charge in [-0.25, -0.2) is 4.39 Å². The highest BCUT2D eigenvalue weighted by Crippen LogP contribution is 2.27. The van der Waals surface area contributed by atoms with E-state index in [9.17, 15) is 8.60 Å². The first kappa shape index (κ1) is 13.0. The van der Waals surface area contributed by atoms with Crippen LogP contribution in [0.1, 0.15) is 24.2 Å². The monoisotopic (exact) mass is 262 g/mol. The molecule has 0 aromatic heterocycles. The van der Waals surface area contributed by atoms with E-state index in [1.165, 1.54) is 12.1 Å². The Morgan fingerprint density at radius 3 is 2.22 bits per heavy atom. The molecule has 0 fully saturated rings. The van der Waals surface area contributed by atoms with E-state index in [0.29, 0.717) is 4.90 Å². The number of halogens is 1. The predicted octanol–water partition coefficient (Wildman–Crippen LogP) is 4.08. The van der Waals surface area contributed by atoms with Crippen molar-refractivity contribution in [3.05, 3.63) is 66.0 Å². The second kappa shape index (κ2) is 5.91. The molecule has 0 aliphatic carbocycles. The molecule has 18 heavy (non-hydrogen) atoms. The lowest BCUT2D eigenvalue weighted by molar-refractivity contribution is 0.626. The minimum Gasteiger partial charge on any atom is -0.254 e. The van der Waals surface area contributed by atoms with Gasteiger partial charge in [-0.3, -0.25) is 4.21 Å². The first-order valence-corrected chi connectivity index (χ1v) is 7.14. The largest absolute Gasteiger partial charge is 0.254 e. The van der Waals surface area contributed by atoms with Gasteiger partial charge in [-0.15, -0.1) is 0 Å². The summed E-state index contributed by atoms with van der Waals surface area (Å²) in [7, 11) is -1.15. The van der Waals surface area contributed by atoms with Gasteiger partial charge < -0.3 is 0 Å². The summed E-state index contributed by atoms with van der Waals surface area (Å²) in [6, 6.07) is 15.7. The third-order valence-electron chi connectivity index (χ3n) is 2.85. The van der Waals surface area contributed by atoms with Gasteiger partial charge in [-0.05, 0) is 36.2 Å². The number of benzene rings is 2. The lowest BCUT2D eigenvalue weighted by Crippen LogP contribution is -2.06. The van der Waals surface area contributed by atoms with Crippen molar-refractivity contribution in [2.75, 3.05) is 0 Å². The summed E-state index contributed by atoms with van der Waals surface area (Å²) in [4.78, 5) is 0.673. The maximum absolute atomic E-state index is 12.9. The molecule has 0 aliphatic heterocycles. The summed E-state index contributed by atoms with van der Waals surface area (Å²) in [6.07, 6.45) is 0.786. The fourth-order valence-corrected chi connectivity index (χ4v) is 3.35. The standard InChI is InChI=1S/C15H15FOS/c1-2-15(12-6-4-3-5-7-12)18(17)14-10-8-13(16)9-11-14/h3-11,15H,2H2,1H3/t15-,18+/m1/s1. The van der Waals surface area contributed by atoms with E-state index in [4.69, 9.17) is 0 Å². The molecule has 0 spiro atoms. The van der Waals surface area contributed by atoms with Crippen LogP contribution in [0.25, 0.3) is 0 Å². The highest BCUT2D eigenvalue weighted by atomic mass is 32.2. The molecule has 0 heterocycles. The van der Waals surface area contributed by atoms with Gasteiger partial charge >= 0.3 is 0 Å². The molecule has 2 atom stereocenters. The molecule has 3 heteroatoms. The average Bonchev–Trinajstić information content (AvgIpc) is 2.41. The van der Waals surface area contributed by atoms with Crippen LogP contribution in [-0.2, 0) is 10.8 Å². The van der Waals surface area contributed by atoms with Crippen LogP contribution in [0.4, 0.5) is 4.39 Å². The lowest BCUT2D eigenvalue weighted by Gasteiger charge is -2.15. The van der Waals surface area contributed by atoms with Gasteiger partial charge in [-0.2, -0.15) is 0 Å².